The highest BCUT2D eigenvalue weighted by molar-refractivity contribution is 5.31. The molecule has 2 aromatic rings. The fourth-order valence-corrected chi connectivity index (χ4v) is 1.66. The average Bonchev–Trinajstić information content (AvgIpc) is 2.60. The molecule has 0 saturated heterocycles. The maximum atomic E-state index is 6.19. The molecule has 2 rings (SSSR count). The normalized spacial score (nSPS) is 12.8. The molecule has 0 aliphatic carbocycles. The molecule has 84 valence electrons. The summed E-state index contributed by atoms with van der Waals surface area (Å²) in [5.74, 6) is 0. The van der Waals surface area contributed by atoms with Gasteiger partial charge in [0.05, 0.1) is 12.2 Å². The van der Waals surface area contributed by atoms with E-state index in [9.17, 15) is 0 Å². The van der Waals surface area contributed by atoms with Gasteiger partial charge in [0.25, 0.3) is 0 Å². The van der Waals surface area contributed by atoms with Crippen molar-refractivity contribution in [1.29, 1.82) is 0 Å². The van der Waals surface area contributed by atoms with E-state index in [-0.39, 0.29) is 6.04 Å². The summed E-state index contributed by atoms with van der Waals surface area (Å²) in [5.41, 5.74) is 10.3. The molecule has 16 heavy (non-hydrogen) atoms. The second-order valence-corrected chi connectivity index (χ2v) is 4.02. The van der Waals surface area contributed by atoms with Crippen molar-refractivity contribution in [2.24, 2.45) is 12.8 Å². The van der Waals surface area contributed by atoms with Crippen LogP contribution in [-0.4, -0.2) is 14.8 Å². The second kappa shape index (κ2) is 4.06. The highest BCUT2D eigenvalue weighted by atomic mass is 15.3. The van der Waals surface area contributed by atoms with Crippen LogP contribution < -0.4 is 5.73 Å². The lowest BCUT2D eigenvalue weighted by atomic mass is 10.0. The zero-order valence-electron chi connectivity index (χ0n) is 9.81. The first-order valence-electron chi connectivity index (χ1n) is 5.26. The Balaban J connectivity index is 2.35. The minimum Gasteiger partial charge on any atom is -0.320 e. The molecule has 2 heterocycles. The number of hydrogen-bond donors (Lipinski definition) is 1. The van der Waals surface area contributed by atoms with E-state index in [1.165, 1.54) is 0 Å². The Morgan fingerprint density at radius 1 is 1.25 bits per heavy atom. The molecule has 0 saturated carbocycles. The number of hydrogen-bond acceptors (Lipinski definition) is 3. The highest BCUT2D eigenvalue weighted by Crippen LogP contribution is 2.21. The van der Waals surface area contributed by atoms with E-state index in [2.05, 4.69) is 10.1 Å². The van der Waals surface area contributed by atoms with E-state index in [1.54, 1.807) is 0 Å². The van der Waals surface area contributed by atoms with Crippen molar-refractivity contribution in [1.82, 2.24) is 14.8 Å². The lowest BCUT2D eigenvalue weighted by Gasteiger charge is -2.11. The zero-order valence-corrected chi connectivity index (χ0v) is 9.81. The lowest BCUT2D eigenvalue weighted by molar-refractivity contribution is 0.733. The first-order chi connectivity index (χ1) is 7.59. The van der Waals surface area contributed by atoms with Crippen molar-refractivity contribution >= 4 is 0 Å². The molecule has 4 nitrogen and oxygen atoms in total. The summed E-state index contributed by atoms with van der Waals surface area (Å²) in [5, 5.41) is 4.20. The maximum absolute atomic E-state index is 6.19. The molecule has 0 aliphatic heterocycles. The molecule has 2 aromatic heterocycles. The van der Waals surface area contributed by atoms with Crippen LogP contribution in [0.3, 0.4) is 0 Å². The average molecular weight is 216 g/mol. The minimum atomic E-state index is -0.151. The number of pyridine rings is 1. The van der Waals surface area contributed by atoms with Gasteiger partial charge in [-0.15, -0.1) is 0 Å². The fraction of sp³-hybridized carbons (Fsp3) is 0.333. The fourth-order valence-electron chi connectivity index (χ4n) is 1.66. The lowest BCUT2D eigenvalue weighted by Crippen LogP contribution is -2.13. The van der Waals surface area contributed by atoms with Gasteiger partial charge in [-0.1, -0.05) is 6.07 Å². The van der Waals surface area contributed by atoms with Gasteiger partial charge in [-0.25, -0.2) is 0 Å². The molecular weight excluding hydrogens is 200 g/mol. The molecule has 0 amide bonds. The Bertz CT molecular complexity index is 484. The molecule has 0 aliphatic rings. The molecule has 2 N–H and O–H groups in total. The zero-order chi connectivity index (χ0) is 11.7. The van der Waals surface area contributed by atoms with E-state index in [0.717, 1.165) is 22.5 Å². The van der Waals surface area contributed by atoms with Gasteiger partial charge < -0.3 is 5.73 Å². The largest absolute Gasteiger partial charge is 0.320 e. The molecule has 0 radical (unpaired) electrons. The molecule has 0 bridgehead atoms. The van der Waals surface area contributed by atoms with E-state index < -0.39 is 0 Å². The molecular formula is C12H16N4. The van der Waals surface area contributed by atoms with Crippen LogP contribution in [0.1, 0.15) is 28.6 Å². The summed E-state index contributed by atoms with van der Waals surface area (Å²) >= 11 is 0. The number of nitrogens with zero attached hydrogens (tertiary/aromatic N) is 3. The molecule has 4 heteroatoms. The SMILES string of the molecule is Cc1ccc(C(N)c2cnn(C)c2C)cn1. The molecule has 0 aromatic carbocycles. The van der Waals surface area contributed by atoms with Crippen molar-refractivity contribution in [3.05, 3.63) is 47.0 Å². The molecule has 1 atom stereocenters. The minimum absolute atomic E-state index is 0.151. The van der Waals surface area contributed by atoms with Gasteiger partial charge in [-0.3, -0.25) is 9.67 Å². The van der Waals surface area contributed by atoms with Gasteiger partial charge in [0.2, 0.25) is 0 Å². The first kappa shape index (κ1) is 10.8. The Kier molecular flexibility index (Phi) is 2.75. The number of rotatable bonds is 2. The van der Waals surface area contributed by atoms with E-state index >= 15 is 0 Å². The van der Waals surface area contributed by atoms with Crippen LogP contribution in [0.25, 0.3) is 0 Å². The third-order valence-corrected chi connectivity index (χ3v) is 2.90. The smallest absolute Gasteiger partial charge is 0.0600 e. The highest BCUT2D eigenvalue weighted by Gasteiger charge is 2.14. The Morgan fingerprint density at radius 3 is 2.50 bits per heavy atom. The van der Waals surface area contributed by atoms with Crippen LogP contribution in [0.15, 0.2) is 24.5 Å². The van der Waals surface area contributed by atoms with Gasteiger partial charge in [0.1, 0.15) is 0 Å². The number of nitrogens with two attached hydrogens (primary N) is 1. The van der Waals surface area contributed by atoms with Gasteiger partial charge in [-0.2, -0.15) is 5.10 Å². The van der Waals surface area contributed by atoms with E-state index in [1.807, 2.05) is 50.1 Å². The van der Waals surface area contributed by atoms with Gasteiger partial charge in [0, 0.05) is 30.2 Å². The van der Waals surface area contributed by atoms with Gasteiger partial charge in [0.15, 0.2) is 0 Å². The standard InChI is InChI=1S/C12H16N4/c1-8-4-5-10(6-14-8)12(13)11-7-15-16(3)9(11)2/h4-7,12H,13H2,1-3H3. The Hall–Kier alpha value is -1.68. The first-order valence-corrected chi connectivity index (χ1v) is 5.26. The topological polar surface area (TPSA) is 56.7 Å². The van der Waals surface area contributed by atoms with Crippen LogP contribution in [0.2, 0.25) is 0 Å². The predicted octanol–water partition coefficient (Wildman–Crippen LogP) is 1.48. The van der Waals surface area contributed by atoms with Gasteiger partial charge >= 0.3 is 0 Å². The summed E-state index contributed by atoms with van der Waals surface area (Å²) in [6.45, 7) is 3.98. The predicted molar refractivity (Wildman–Crippen MR) is 62.9 cm³/mol. The Labute approximate surface area is 95.1 Å². The second-order valence-electron chi connectivity index (χ2n) is 4.02. The van der Waals surface area contributed by atoms with Crippen LogP contribution in [-0.2, 0) is 7.05 Å². The van der Waals surface area contributed by atoms with Crippen molar-refractivity contribution < 1.29 is 0 Å². The number of aromatic nitrogens is 3. The number of aryl methyl sites for hydroxylation is 2. The van der Waals surface area contributed by atoms with Crippen molar-refractivity contribution in [3.8, 4) is 0 Å². The third kappa shape index (κ3) is 1.84. The van der Waals surface area contributed by atoms with Gasteiger partial charge in [-0.05, 0) is 25.5 Å². The van der Waals surface area contributed by atoms with E-state index in [4.69, 9.17) is 5.73 Å². The summed E-state index contributed by atoms with van der Waals surface area (Å²) in [7, 11) is 1.92. The molecule has 1 unspecified atom stereocenters. The van der Waals surface area contributed by atoms with Crippen molar-refractivity contribution in [2.75, 3.05) is 0 Å². The summed E-state index contributed by atoms with van der Waals surface area (Å²) in [6.07, 6.45) is 3.65. The quantitative estimate of drug-likeness (QED) is 0.827. The van der Waals surface area contributed by atoms with Crippen molar-refractivity contribution in [2.45, 2.75) is 19.9 Å². The summed E-state index contributed by atoms with van der Waals surface area (Å²) in [4.78, 5) is 4.25. The summed E-state index contributed by atoms with van der Waals surface area (Å²) in [6, 6.07) is 3.84. The molecule has 0 fully saturated rings. The van der Waals surface area contributed by atoms with E-state index in [0.29, 0.717) is 0 Å². The van der Waals surface area contributed by atoms with Crippen LogP contribution in [0.5, 0.6) is 0 Å². The monoisotopic (exact) mass is 216 g/mol. The van der Waals surface area contributed by atoms with Crippen molar-refractivity contribution in [3.63, 3.8) is 0 Å². The summed E-state index contributed by atoms with van der Waals surface area (Å²) < 4.78 is 1.83. The molecule has 0 spiro atoms. The van der Waals surface area contributed by atoms with Crippen LogP contribution in [0, 0.1) is 13.8 Å². The van der Waals surface area contributed by atoms with Crippen LogP contribution >= 0.6 is 0 Å². The third-order valence-electron chi connectivity index (χ3n) is 2.90. The maximum Gasteiger partial charge on any atom is 0.0600 e. The van der Waals surface area contributed by atoms with Crippen LogP contribution in [0.4, 0.5) is 0 Å². The Morgan fingerprint density at radius 2 is 2.00 bits per heavy atom.